The fourth-order valence-electron chi connectivity index (χ4n) is 5.16. The maximum Gasteiger partial charge on any atom is 0.416 e. The molecule has 0 amide bonds. The molecule has 0 saturated carbocycles. The van der Waals surface area contributed by atoms with E-state index >= 15 is 0 Å². The van der Waals surface area contributed by atoms with E-state index in [0.717, 1.165) is 48.5 Å². The van der Waals surface area contributed by atoms with Crippen molar-refractivity contribution in [2.45, 2.75) is 42.5 Å². The fourth-order valence-corrected chi connectivity index (χ4v) is 6.47. The lowest BCUT2D eigenvalue weighted by atomic mass is 9.94. The number of fused-ring (bicyclic) bond motifs is 1. The number of halogens is 3. The number of nitrogens with zero attached hydrogens (tertiary/aromatic N) is 1. The molecule has 1 saturated heterocycles. The molecule has 1 atom stereocenters. The number of methoxy groups -OCH3 is 1. The van der Waals surface area contributed by atoms with Crippen LogP contribution in [0.1, 0.15) is 42.1 Å². The topological polar surface area (TPSA) is 97.3 Å². The van der Waals surface area contributed by atoms with Gasteiger partial charge in [0.05, 0.1) is 30.4 Å². The van der Waals surface area contributed by atoms with Crippen LogP contribution in [0.25, 0.3) is 5.57 Å². The van der Waals surface area contributed by atoms with Crippen LogP contribution in [-0.2, 0) is 16.2 Å². The number of likely N-dealkylation sites (tertiary alicyclic amines) is 1. The van der Waals surface area contributed by atoms with Crippen molar-refractivity contribution < 1.29 is 40.9 Å². The van der Waals surface area contributed by atoms with Crippen LogP contribution in [0, 0.1) is 0 Å². The van der Waals surface area contributed by atoms with Gasteiger partial charge in [-0.25, -0.2) is 13.1 Å². The molecule has 3 aromatic carbocycles. The maximum atomic E-state index is 12.8. The van der Waals surface area contributed by atoms with Crippen molar-refractivity contribution in [3.05, 3.63) is 89.7 Å². The van der Waals surface area contributed by atoms with Crippen LogP contribution in [0.3, 0.4) is 0 Å². The molecule has 43 heavy (non-hydrogen) atoms. The van der Waals surface area contributed by atoms with Crippen molar-refractivity contribution in [2.24, 2.45) is 0 Å². The second-order valence-electron chi connectivity index (χ2n) is 10.5. The average molecular weight is 619 g/mol. The normalized spacial score (nSPS) is 18.0. The zero-order chi connectivity index (χ0) is 30.6. The number of benzene rings is 3. The van der Waals surface area contributed by atoms with Gasteiger partial charge in [-0.2, -0.15) is 13.2 Å². The molecule has 12 heteroatoms. The zero-order valence-electron chi connectivity index (χ0n) is 23.5. The first kappa shape index (κ1) is 30.9. The van der Waals surface area contributed by atoms with Crippen LogP contribution in [0.5, 0.6) is 17.2 Å². The molecule has 5 rings (SSSR count). The maximum absolute atomic E-state index is 12.8. The summed E-state index contributed by atoms with van der Waals surface area (Å²) in [5, 5.41) is 10.9. The van der Waals surface area contributed by atoms with Gasteiger partial charge in [-0.1, -0.05) is 12.1 Å². The van der Waals surface area contributed by atoms with Crippen LogP contribution in [-0.4, -0.2) is 57.8 Å². The Morgan fingerprint density at radius 3 is 2.33 bits per heavy atom. The fraction of sp³-hybridized carbons (Fsp3) is 0.355. The lowest BCUT2D eigenvalue weighted by Gasteiger charge is -2.32. The minimum absolute atomic E-state index is 0.184. The zero-order valence-corrected chi connectivity index (χ0v) is 24.3. The van der Waals surface area contributed by atoms with E-state index in [1.54, 1.807) is 31.6 Å². The Bertz CT molecular complexity index is 1540. The Labute approximate surface area is 248 Å². The molecule has 2 aliphatic heterocycles. The molecule has 3 aromatic rings. The molecular formula is C31H33F3N2O6S. The molecule has 2 N–H and O–H groups in total. The number of hydrogen-bond donors (Lipinski definition) is 2. The highest BCUT2D eigenvalue weighted by Gasteiger charge is 2.31. The van der Waals surface area contributed by atoms with E-state index in [0.29, 0.717) is 55.2 Å². The van der Waals surface area contributed by atoms with Gasteiger partial charge in [-0.15, -0.1) is 0 Å². The molecular weight excluding hydrogens is 585 g/mol. The number of sulfonamides is 1. The van der Waals surface area contributed by atoms with Crippen LogP contribution in [0.2, 0.25) is 0 Å². The summed E-state index contributed by atoms with van der Waals surface area (Å²) in [6, 6.07) is 16.0. The van der Waals surface area contributed by atoms with E-state index in [-0.39, 0.29) is 10.9 Å². The van der Waals surface area contributed by atoms with Crippen molar-refractivity contribution in [3.63, 3.8) is 0 Å². The smallest absolute Gasteiger partial charge is 0.416 e. The first-order valence-corrected chi connectivity index (χ1v) is 15.4. The highest BCUT2D eigenvalue weighted by atomic mass is 32.2. The van der Waals surface area contributed by atoms with E-state index in [2.05, 4.69) is 9.62 Å². The summed E-state index contributed by atoms with van der Waals surface area (Å²) >= 11 is 0. The SMILES string of the molecule is COc1ccc(C2=COc3cc(OCCCN4CCC(NS(=O)(=O)c5ccc(C(F)(F)F)cc5)CC4)ccc3C2O)cc1. The number of alkyl halides is 3. The van der Waals surface area contributed by atoms with Gasteiger partial charge in [0.1, 0.15) is 23.4 Å². The number of aliphatic hydroxyl groups excluding tert-OH is 1. The van der Waals surface area contributed by atoms with Gasteiger partial charge in [0.15, 0.2) is 0 Å². The highest BCUT2D eigenvalue weighted by molar-refractivity contribution is 7.89. The summed E-state index contributed by atoms with van der Waals surface area (Å²) in [6.07, 6.45) is -1.87. The summed E-state index contributed by atoms with van der Waals surface area (Å²) in [4.78, 5) is 2.04. The van der Waals surface area contributed by atoms with E-state index in [4.69, 9.17) is 14.2 Å². The minimum Gasteiger partial charge on any atom is -0.497 e. The third kappa shape index (κ3) is 7.50. The van der Waals surface area contributed by atoms with Gasteiger partial charge in [-0.05, 0) is 86.4 Å². The standard InChI is InChI=1S/C31H33F3N2O6S/c1-40-24-7-3-21(4-8-24)28-20-42-29-19-25(9-12-27(29)30(28)37)41-18-2-15-36-16-13-23(14-17-36)35-43(38,39)26-10-5-22(6-11-26)31(32,33)34/h3-12,19-20,23,30,35,37H,2,13-18H2,1H3. The molecule has 2 aliphatic rings. The van der Waals surface area contributed by atoms with Crippen molar-refractivity contribution in [1.29, 1.82) is 0 Å². The van der Waals surface area contributed by atoms with Gasteiger partial charge in [-0.3, -0.25) is 0 Å². The largest absolute Gasteiger partial charge is 0.497 e. The van der Waals surface area contributed by atoms with E-state index in [9.17, 15) is 26.7 Å². The quantitative estimate of drug-likeness (QED) is 0.294. The predicted molar refractivity (Wildman–Crippen MR) is 154 cm³/mol. The van der Waals surface area contributed by atoms with Gasteiger partial charge in [0, 0.05) is 29.8 Å². The van der Waals surface area contributed by atoms with Crippen LogP contribution in [0.15, 0.2) is 77.9 Å². The van der Waals surface area contributed by atoms with Crippen LogP contribution < -0.4 is 18.9 Å². The Morgan fingerprint density at radius 2 is 1.67 bits per heavy atom. The predicted octanol–water partition coefficient (Wildman–Crippen LogP) is 5.39. The Hall–Kier alpha value is -3.58. The Kier molecular flexibility index (Phi) is 9.30. The molecule has 0 spiro atoms. The third-order valence-corrected chi connectivity index (χ3v) is 9.14. The van der Waals surface area contributed by atoms with E-state index in [1.165, 1.54) is 0 Å². The van der Waals surface area contributed by atoms with Crippen molar-refractivity contribution in [3.8, 4) is 17.2 Å². The summed E-state index contributed by atoms with van der Waals surface area (Å²) in [5.74, 6) is 1.89. The first-order valence-electron chi connectivity index (χ1n) is 13.9. The lowest BCUT2D eigenvalue weighted by Crippen LogP contribution is -2.44. The molecule has 1 fully saturated rings. The molecule has 8 nitrogen and oxygen atoms in total. The van der Waals surface area contributed by atoms with Gasteiger partial charge in [0.25, 0.3) is 0 Å². The molecule has 0 aromatic heterocycles. The Balaban J connectivity index is 1.05. The highest BCUT2D eigenvalue weighted by Crippen LogP contribution is 2.41. The molecule has 0 aliphatic carbocycles. The number of ether oxygens (including phenoxy) is 3. The van der Waals surface area contributed by atoms with Crippen molar-refractivity contribution in [2.75, 3.05) is 33.4 Å². The summed E-state index contributed by atoms with van der Waals surface area (Å²) < 4.78 is 83.2. The van der Waals surface area contributed by atoms with E-state index < -0.39 is 27.9 Å². The molecule has 0 bridgehead atoms. The van der Waals surface area contributed by atoms with Crippen LogP contribution in [0.4, 0.5) is 13.2 Å². The molecule has 0 radical (unpaired) electrons. The van der Waals surface area contributed by atoms with Gasteiger partial charge in [0.2, 0.25) is 10.0 Å². The Morgan fingerprint density at radius 1 is 1.00 bits per heavy atom. The average Bonchev–Trinajstić information content (AvgIpc) is 3.00. The molecule has 230 valence electrons. The van der Waals surface area contributed by atoms with Gasteiger partial charge < -0.3 is 24.2 Å². The van der Waals surface area contributed by atoms with Gasteiger partial charge >= 0.3 is 6.18 Å². The second kappa shape index (κ2) is 13.0. The summed E-state index contributed by atoms with van der Waals surface area (Å²) in [7, 11) is -2.31. The van der Waals surface area contributed by atoms with Crippen molar-refractivity contribution in [1.82, 2.24) is 9.62 Å². The molecule has 1 unspecified atom stereocenters. The second-order valence-corrected chi connectivity index (χ2v) is 12.2. The van der Waals surface area contributed by atoms with E-state index in [1.807, 2.05) is 24.3 Å². The monoisotopic (exact) mass is 618 g/mol. The number of nitrogens with one attached hydrogen (secondary N) is 1. The number of hydrogen-bond acceptors (Lipinski definition) is 7. The van der Waals surface area contributed by atoms with Crippen LogP contribution >= 0.6 is 0 Å². The lowest BCUT2D eigenvalue weighted by molar-refractivity contribution is -0.137. The first-order chi connectivity index (χ1) is 20.5. The number of aliphatic hydroxyl groups is 1. The summed E-state index contributed by atoms with van der Waals surface area (Å²) in [6.45, 7) is 2.61. The minimum atomic E-state index is -4.52. The third-order valence-electron chi connectivity index (χ3n) is 7.60. The number of piperidine rings is 1. The molecule has 2 heterocycles. The summed E-state index contributed by atoms with van der Waals surface area (Å²) in [5.41, 5.74) is 1.25. The number of rotatable bonds is 10. The van der Waals surface area contributed by atoms with Crippen molar-refractivity contribution >= 4 is 15.6 Å².